The number of nitrogens with zero attached hydrogens (tertiary/aromatic N) is 1. The van der Waals surface area contributed by atoms with E-state index in [1.54, 1.807) is 6.42 Å². The van der Waals surface area contributed by atoms with Crippen LogP contribution in [0.2, 0.25) is 0 Å². The van der Waals surface area contributed by atoms with Gasteiger partial charge in [0.15, 0.2) is 0 Å². The van der Waals surface area contributed by atoms with Crippen molar-refractivity contribution < 1.29 is 47.0 Å². The van der Waals surface area contributed by atoms with Crippen LogP contribution in [0.15, 0.2) is 132 Å². The number of benzene rings is 4. The molecule has 0 amide bonds. The molecule has 4 aromatic carbocycles. The van der Waals surface area contributed by atoms with Crippen LogP contribution in [0.4, 0.5) is 25.2 Å². The molecular weight excluding hydrogens is 688 g/mol. The van der Waals surface area contributed by atoms with Gasteiger partial charge in [0, 0.05) is 23.5 Å². The Balaban J connectivity index is 0.000000564. The van der Waals surface area contributed by atoms with Gasteiger partial charge < -0.3 is 0 Å². The van der Waals surface area contributed by atoms with Gasteiger partial charge in [0.05, 0.1) is 0 Å². The molecule has 12 heteroatoms. The van der Waals surface area contributed by atoms with Crippen molar-refractivity contribution in [1.82, 2.24) is 0 Å². The van der Waals surface area contributed by atoms with Gasteiger partial charge in [-0.1, -0.05) is 121 Å². The largest absolute Gasteiger partial charge is 0.0265 e. The van der Waals surface area contributed by atoms with E-state index in [0.717, 1.165) is 0 Å². The van der Waals surface area contributed by atoms with Crippen LogP contribution in [0.25, 0.3) is 0 Å². The van der Waals surface area contributed by atoms with Crippen molar-refractivity contribution in [1.29, 1.82) is 5.46 Å². The zero-order valence-electron chi connectivity index (χ0n) is 24.0. The summed E-state index contributed by atoms with van der Waals surface area (Å²) < 4.78 is 66.4. The molecule has 0 aromatic heterocycles. The van der Waals surface area contributed by atoms with E-state index < -0.39 is 23.7 Å². The van der Waals surface area contributed by atoms with Crippen molar-refractivity contribution in [2.45, 2.75) is 13.8 Å². The Hall–Kier alpha value is -2.84. The number of hydrogen-bond acceptors (Lipinski definition) is 1. The van der Waals surface area contributed by atoms with Gasteiger partial charge in [0.2, 0.25) is 0 Å². The first-order chi connectivity index (χ1) is 20.7. The van der Waals surface area contributed by atoms with Gasteiger partial charge in [-0.3, -0.25) is 0 Å². The molecule has 1 aliphatic rings. The van der Waals surface area contributed by atoms with Crippen molar-refractivity contribution in [3.8, 4) is 0 Å². The Morgan fingerprint density at radius 3 is 0.867 bits per heavy atom. The topological polar surface area (TPSA) is 43.7 Å². The van der Waals surface area contributed by atoms with E-state index in [1.165, 1.54) is 31.8 Å². The molecule has 6 radical (unpaired) electrons. The van der Waals surface area contributed by atoms with Gasteiger partial charge in [-0.2, -0.15) is 0 Å². The minimum atomic E-state index is -10.7. The van der Waals surface area contributed by atoms with E-state index in [0.29, 0.717) is 0 Å². The first kappa shape index (κ1) is 40.2. The van der Waals surface area contributed by atoms with Crippen molar-refractivity contribution in [2.75, 3.05) is 0 Å². The average Bonchev–Trinajstić information content (AvgIpc) is 3.60. The van der Waals surface area contributed by atoms with E-state index in [2.05, 4.69) is 159 Å². The van der Waals surface area contributed by atoms with Crippen LogP contribution in [0.5, 0.6) is 0 Å². The Morgan fingerprint density at radius 2 is 0.711 bits per heavy atom. The molecule has 2 nitrogen and oxygen atoms in total. The first-order valence-corrected chi connectivity index (χ1v) is 17.5. The Kier molecular flexibility index (Phi) is 15.8. The van der Waals surface area contributed by atoms with E-state index >= 15 is 0 Å². The second-order valence-corrected chi connectivity index (χ2v) is 15.5. The standard InChI is InChI=1S/C28H26P2.C5H.F6P.Mn.NO/c1-23(29(25-15-7-3-8-16-25)26-17-9-4-10-18-26)24(2)30(27-19-11-5-12-20-27)28-21-13-6-14-22-28;1-2-4-5-3-1;1-7(2,3,4,5)6;;1-2/h3-22H,1-2H3;1H;;;/q;;-1;;+1/b24-23+;;;;. The Bertz CT molecular complexity index is 1360. The third kappa shape index (κ3) is 16.3. The number of halogens is 6. The fourth-order valence-electron chi connectivity index (χ4n) is 3.89. The normalized spacial score (nSPS) is 13.7. The zero-order chi connectivity index (χ0) is 32.7. The summed E-state index contributed by atoms with van der Waals surface area (Å²) in [6, 6.07) is 43.9. The van der Waals surface area contributed by atoms with Crippen LogP contribution in [0, 0.1) is 36.2 Å². The van der Waals surface area contributed by atoms with Gasteiger partial charge in [-0.25, -0.2) is 0 Å². The van der Waals surface area contributed by atoms with Crippen LogP contribution in [-0.4, -0.2) is 0 Å². The maximum absolute atomic E-state index is 10.7. The van der Waals surface area contributed by atoms with Crippen LogP contribution in [0.1, 0.15) is 13.8 Å². The van der Waals surface area contributed by atoms with Gasteiger partial charge >= 0.3 is 43.2 Å². The molecule has 234 valence electrons. The first-order valence-electron chi connectivity index (χ1n) is 12.8. The van der Waals surface area contributed by atoms with E-state index in [4.69, 9.17) is 10.2 Å². The second kappa shape index (κ2) is 17.7. The molecule has 5 rings (SSSR count). The van der Waals surface area contributed by atoms with Crippen molar-refractivity contribution in [3.63, 3.8) is 0 Å². The van der Waals surface area contributed by atoms with Gasteiger partial charge in [-0.05, 0) is 85.8 Å². The second-order valence-electron chi connectivity index (χ2n) is 8.83. The molecule has 0 bridgehead atoms. The molecule has 0 unspecified atom stereocenters. The van der Waals surface area contributed by atoms with E-state index in [1.807, 2.05) is 0 Å². The molecule has 1 aliphatic carbocycles. The van der Waals surface area contributed by atoms with Crippen LogP contribution in [0.3, 0.4) is 0 Å². The molecule has 0 N–H and O–H groups in total. The molecule has 45 heavy (non-hydrogen) atoms. The molecule has 0 saturated heterocycles. The molecule has 4 aromatic rings. The summed E-state index contributed by atoms with van der Waals surface area (Å²) in [7, 11) is -11.8. The third-order valence-corrected chi connectivity index (χ3v) is 11.1. The number of rotatable bonds is 6. The molecular formula is C33H27F6MnNOP3. The summed E-state index contributed by atoms with van der Waals surface area (Å²) in [5.74, 6) is 0. The molecule has 0 aliphatic heterocycles. The minimum Gasteiger partial charge on any atom is -0.0265 e. The maximum atomic E-state index is 9.87. The van der Waals surface area contributed by atoms with Crippen LogP contribution in [-0.2, 0) is 21.8 Å². The molecule has 0 saturated carbocycles. The van der Waals surface area contributed by atoms with Crippen molar-refractivity contribution >= 4 is 44.9 Å². The van der Waals surface area contributed by atoms with Gasteiger partial charge in [0.25, 0.3) is 0 Å². The fraction of sp³-hybridized carbons (Fsp3) is 0.0606. The zero-order valence-corrected chi connectivity index (χ0v) is 27.8. The predicted octanol–water partition coefficient (Wildman–Crippen LogP) is 10.3. The summed E-state index contributed by atoms with van der Waals surface area (Å²) >= 11 is 0. The Morgan fingerprint density at radius 1 is 0.511 bits per heavy atom. The van der Waals surface area contributed by atoms with E-state index in [-0.39, 0.29) is 17.1 Å². The maximum Gasteiger partial charge on any atom is 0.0219 e. The van der Waals surface area contributed by atoms with Gasteiger partial charge in [-0.15, -0.1) is 0 Å². The molecule has 0 heterocycles. The monoisotopic (exact) mass is 715 g/mol. The van der Waals surface area contributed by atoms with E-state index in [9.17, 15) is 25.2 Å². The predicted molar refractivity (Wildman–Crippen MR) is 170 cm³/mol. The Labute approximate surface area is 273 Å². The molecule has 0 fully saturated rings. The summed E-state index contributed by atoms with van der Waals surface area (Å²) in [6.07, 6.45) is 12.0. The van der Waals surface area contributed by atoms with Crippen molar-refractivity contribution in [3.05, 3.63) is 163 Å². The number of allylic oxidation sites excluding steroid dienone is 6. The molecule has 0 spiro atoms. The quantitative estimate of drug-likeness (QED) is 0.0849. The summed E-state index contributed by atoms with van der Waals surface area (Å²) in [5, 5.41) is 8.64. The smallest absolute Gasteiger partial charge is 0.0219 e. The number of hydrogen-bond donors (Lipinski definition) is 0. The SMILES string of the molecule is C/C(=C(/C)P(c1ccccc1)c1ccccc1)P(c1ccccc1)c1ccccc1.F[P-](F)(F)(F)(F)F.N#[O+].[C]1=[C][CH][C]=[C]1.[Mn]. The van der Waals surface area contributed by atoms with Crippen molar-refractivity contribution in [2.24, 2.45) is 0 Å². The minimum absolute atomic E-state index is 0. The van der Waals surface area contributed by atoms with Crippen LogP contribution < -0.4 is 21.2 Å². The fourth-order valence-corrected chi connectivity index (χ4v) is 9.16. The summed E-state index contributed by atoms with van der Waals surface area (Å²) in [6.45, 7) is 4.70. The summed E-state index contributed by atoms with van der Waals surface area (Å²) in [5.41, 5.74) is 5.75. The van der Waals surface area contributed by atoms with Crippen LogP contribution >= 0.6 is 23.7 Å². The third-order valence-electron chi connectivity index (χ3n) is 5.60. The molecule has 0 atom stereocenters. The summed E-state index contributed by atoms with van der Waals surface area (Å²) in [4.78, 5) is 0. The van der Waals surface area contributed by atoms with Gasteiger partial charge in [0.1, 0.15) is 0 Å². The average molecular weight is 715 g/mol.